The molecule has 0 aliphatic carbocycles. The number of aldehydes is 1. The molecule has 2 N–H and O–H groups in total. The molecule has 0 fully saturated rings. The smallest absolute Gasteiger partial charge is 0.408 e. The number of carbonyl (C=O) groups excluding carboxylic acids is 2. The lowest BCUT2D eigenvalue weighted by atomic mass is 10.1. The van der Waals surface area contributed by atoms with Crippen molar-refractivity contribution in [2.75, 3.05) is 6.61 Å². The lowest BCUT2D eigenvalue weighted by Gasteiger charge is -2.25. The molecule has 8 nitrogen and oxygen atoms in total. The van der Waals surface area contributed by atoms with Crippen LogP contribution in [0, 0.1) is 0 Å². The number of rotatable bonds is 7. The molecule has 0 spiro atoms. The minimum atomic E-state index is -1.46. The van der Waals surface area contributed by atoms with Crippen LogP contribution in [0.15, 0.2) is 9.98 Å². The van der Waals surface area contributed by atoms with Crippen LogP contribution in [0.2, 0.25) is 0 Å². The van der Waals surface area contributed by atoms with Gasteiger partial charge in [-0.2, -0.15) is 0 Å². The van der Waals surface area contributed by atoms with E-state index in [1.807, 2.05) is 0 Å². The molecule has 0 aromatic carbocycles. The molecule has 2 unspecified atom stereocenters. The number of aromatic nitrogens is 1. The van der Waals surface area contributed by atoms with Crippen LogP contribution in [0.3, 0.4) is 0 Å². The Morgan fingerprint density at radius 1 is 1.52 bits per heavy atom. The van der Waals surface area contributed by atoms with Crippen molar-refractivity contribution in [3.63, 3.8) is 0 Å². The molecule has 1 aromatic heterocycles. The number of carboxylic acid groups (broad SMARTS) is 1. The van der Waals surface area contributed by atoms with Crippen molar-refractivity contribution in [3.05, 3.63) is 15.0 Å². The molecule has 0 saturated heterocycles. The Labute approximate surface area is 145 Å². The first-order valence-corrected chi connectivity index (χ1v) is 8.20. The van der Waals surface area contributed by atoms with Crippen LogP contribution in [0.4, 0.5) is 4.79 Å². The minimum Gasteiger partial charge on any atom is -0.480 e. The number of carboxylic acids is 1. The Morgan fingerprint density at radius 3 is 2.61 bits per heavy atom. The highest BCUT2D eigenvalue weighted by atomic mass is 79.9. The van der Waals surface area contributed by atoms with E-state index < -0.39 is 29.8 Å². The zero-order valence-corrected chi connectivity index (χ0v) is 15.1. The zero-order valence-electron chi connectivity index (χ0n) is 12.7. The summed E-state index contributed by atoms with van der Waals surface area (Å²) in [6.45, 7) is 4.63. The van der Waals surface area contributed by atoms with Crippen molar-refractivity contribution < 1.29 is 29.0 Å². The third-order valence-corrected chi connectivity index (χ3v) is 3.94. The number of hydrogen-bond donors (Lipinski definition) is 2. The predicted octanol–water partition coefficient (Wildman–Crippen LogP) is 2.14. The summed E-state index contributed by atoms with van der Waals surface area (Å²) < 4.78 is 10.8. The van der Waals surface area contributed by atoms with Crippen LogP contribution in [0.1, 0.15) is 31.9 Å². The van der Waals surface area contributed by atoms with E-state index in [4.69, 9.17) is 9.47 Å². The quantitative estimate of drug-likeness (QED) is 0.663. The molecule has 1 amide bonds. The molecule has 1 rings (SSSR count). The topological polar surface area (TPSA) is 115 Å². The molecule has 1 aromatic rings. The van der Waals surface area contributed by atoms with Gasteiger partial charge in [0.2, 0.25) is 0 Å². The fourth-order valence-electron chi connectivity index (χ4n) is 1.55. The van der Waals surface area contributed by atoms with E-state index in [1.54, 1.807) is 26.2 Å². The SMILES string of the molecule is CC(C)(C)OC(=O)NC(C(=O)O)C(OCC=O)c1nc(Br)cs1. The molecule has 0 bridgehead atoms. The third-order valence-electron chi connectivity index (χ3n) is 2.32. The monoisotopic (exact) mass is 408 g/mol. The fraction of sp³-hybridized carbons (Fsp3) is 0.538. The zero-order chi connectivity index (χ0) is 17.6. The maximum absolute atomic E-state index is 11.8. The molecule has 0 saturated carbocycles. The predicted molar refractivity (Wildman–Crippen MR) is 85.4 cm³/mol. The molecule has 0 radical (unpaired) electrons. The van der Waals surface area contributed by atoms with Gasteiger partial charge < -0.3 is 24.7 Å². The summed E-state index contributed by atoms with van der Waals surface area (Å²) in [5.41, 5.74) is -0.781. The molecule has 0 aliphatic rings. The Hall–Kier alpha value is -1.52. The summed E-state index contributed by atoms with van der Waals surface area (Å²) in [4.78, 5) is 38.0. The third kappa shape index (κ3) is 6.63. The van der Waals surface area contributed by atoms with E-state index in [1.165, 1.54) is 0 Å². The van der Waals surface area contributed by atoms with Crippen LogP contribution in [-0.2, 0) is 19.1 Å². The highest BCUT2D eigenvalue weighted by Gasteiger charge is 2.35. The number of hydrogen-bond acceptors (Lipinski definition) is 7. The summed E-state index contributed by atoms with van der Waals surface area (Å²) in [6, 6.07) is -1.46. The summed E-state index contributed by atoms with van der Waals surface area (Å²) in [7, 11) is 0. The Bertz CT molecular complexity index is 571. The number of nitrogens with one attached hydrogen (secondary N) is 1. The van der Waals surface area contributed by atoms with E-state index in [0.717, 1.165) is 11.3 Å². The average Bonchev–Trinajstić information content (AvgIpc) is 2.82. The van der Waals surface area contributed by atoms with Gasteiger partial charge in [0.25, 0.3) is 0 Å². The van der Waals surface area contributed by atoms with Crippen LogP contribution >= 0.6 is 27.3 Å². The van der Waals surface area contributed by atoms with Crippen molar-refractivity contribution in [1.29, 1.82) is 0 Å². The van der Waals surface area contributed by atoms with E-state index in [2.05, 4.69) is 26.2 Å². The number of ether oxygens (including phenoxy) is 2. The van der Waals surface area contributed by atoms with Crippen molar-refractivity contribution in [1.82, 2.24) is 10.3 Å². The number of halogens is 1. The molecular weight excluding hydrogens is 392 g/mol. The highest BCUT2D eigenvalue weighted by molar-refractivity contribution is 9.10. The maximum Gasteiger partial charge on any atom is 0.408 e. The van der Waals surface area contributed by atoms with Gasteiger partial charge in [0.1, 0.15) is 34.2 Å². The summed E-state index contributed by atoms with van der Waals surface area (Å²) in [6.07, 6.45) is -1.54. The van der Waals surface area contributed by atoms with Crippen molar-refractivity contribution >= 4 is 45.6 Å². The second-order valence-electron chi connectivity index (χ2n) is 5.39. The van der Waals surface area contributed by atoms with Gasteiger partial charge in [-0.3, -0.25) is 0 Å². The normalized spacial score (nSPS) is 13.9. The summed E-state index contributed by atoms with van der Waals surface area (Å²) in [5, 5.41) is 13.6. The van der Waals surface area contributed by atoms with E-state index >= 15 is 0 Å². The van der Waals surface area contributed by atoms with Gasteiger partial charge in [0, 0.05) is 5.38 Å². The molecular formula is C13H17BrN2O6S. The van der Waals surface area contributed by atoms with Gasteiger partial charge in [-0.05, 0) is 36.7 Å². The highest BCUT2D eigenvalue weighted by Crippen LogP contribution is 2.27. The fourth-order valence-corrected chi connectivity index (χ4v) is 2.90. The summed E-state index contributed by atoms with van der Waals surface area (Å²) in [5.74, 6) is -1.34. The van der Waals surface area contributed by atoms with Crippen LogP contribution in [0.5, 0.6) is 0 Å². The lowest BCUT2D eigenvalue weighted by Crippen LogP contribution is -2.47. The molecule has 1 heterocycles. The largest absolute Gasteiger partial charge is 0.480 e. The first-order chi connectivity index (χ1) is 10.6. The molecule has 0 aliphatic heterocycles. The Morgan fingerprint density at radius 2 is 2.17 bits per heavy atom. The van der Waals surface area contributed by atoms with E-state index in [0.29, 0.717) is 15.9 Å². The second kappa shape index (κ2) is 8.37. The van der Waals surface area contributed by atoms with Gasteiger partial charge in [0.15, 0.2) is 6.04 Å². The maximum atomic E-state index is 11.8. The van der Waals surface area contributed by atoms with Gasteiger partial charge in [-0.1, -0.05) is 0 Å². The molecule has 2 atom stereocenters. The number of thiazole rings is 1. The van der Waals surface area contributed by atoms with E-state index in [9.17, 15) is 19.5 Å². The second-order valence-corrected chi connectivity index (χ2v) is 7.09. The first kappa shape index (κ1) is 19.5. The van der Waals surface area contributed by atoms with Gasteiger partial charge in [-0.25, -0.2) is 14.6 Å². The average molecular weight is 409 g/mol. The van der Waals surface area contributed by atoms with Crippen LogP contribution in [-0.4, -0.2) is 46.7 Å². The number of alkyl carbamates (subject to hydrolysis) is 1. The molecule has 10 heteroatoms. The van der Waals surface area contributed by atoms with Crippen molar-refractivity contribution in [3.8, 4) is 0 Å². The lowest BCUT2D eigenvalue weighted by molar-refractivity contribution is -0.145. The van der Waals surface area contributed by atoms with Gasteiger partial charge in [0.05, 0.1) is 0 Å². The number of amides is 1. The number of carbonyl (C=O) groups is 3. The summed E-state index contributed by atoms with van der Waals surface area (Å²) >= 11 is 4.30. The van der Waals surface area contributed by atoms with E-state index in [-0.39, 0.29) is 6.61 Å². The Balaban J connectivity index is 2.98. The van der Waals surface area contributed by atoms with Crippen molar-refractivity contribution in [2.24, 2.45) is 0 Å². The van der Waals surface area contributed by atoms with Gasteiger partial charge in [-0.15, -0.1) is 11.3 Å². The minimum absolute atomic E-state index is 0.308. The number of aliphatic carboxylic acids is 1. The van der Waals surface area contributed by atoms with Crippen LogP contribution in [0.25, 0.3) is 0 Å². The molecule has 23 heavy (non-hydrogen) atoms. The van der Waals surface area contributed by atoms with Crippen LogP contribution < -0.4 is 5.32 Å². The van der Waals surface area contributed by atoms with Gasteiger partial charge >= 0.3 is 12.1 Å². The van der Waals surface area contributed by atoms with Crippen molar-refractivity contribution in [2.45, 2.75) is 38.5 Å². The Kier molecular flexibility index (Phi) is 7.10. The molecule has 128 valence electrons. The first-order valence-electron chi connectivity index (χ1n) is 6.52. The number of nitrogens with zero attached hydrogens (tertiary/aromatic N) is 1. The standard InChI is InChI=1S/C13H17BrN2O6S/c1-13(2,3)22-12(20)16-8(11(18)19)9(21-5-4-17)10-15-7(14)6-23-10/h4,6,8-9H,5H2,1-3H3,(H,16,20)(H,18,19).